The Labute approximate surface area is 163 Å². The van der Waals surface area contributed by atoms with Gasteiger partial charge in [0.05, 0.1) is 18.0 Å². The third kappa shape index (κ3) is 4.19. The third-order valence-corrected chi connectivity index (χ3v) is 4.70. The van der Waals surface area contributed by atoms with E-state index in [1.54, 1.807) is 29.7 Å². The number of aromatic nitrogens is 3. The highest BCUT2D eigenvalue weighted by Gasteiger charge is 2.21. The molecular weight excluding hydrogens is 356 g/mol. The minimum atomic E-state index is -0.977. The molecule has 1 amide bonds. The molecule has 1 atom stereocenters. The third-order valence-electron chi connectivity index (χ3n) is 4.70. The van der Waals surface area contributed by atoms with Gasteiger partial charge in [-0.1, -0.05) is 45.0 Å². The van der Waals surface area contributed by atoms with E-state index in [1.807, 2.05) is 24.3 Å². The van der Waals surface area contributed by atoms with Crippen LogP contribution in [0.3, 0.4) is 0 Å². The number of nitrogens with one attached hydrogen (secondary N) is 1. The fourth-order valence-electron chi connectivity index (χ4n) is 3.02. The highest BCUT2D eigenvalue weighted by atomic mass is 16.4. The van der Waals surface area contributed by atoms with Crippen LogP contribution < -0.4 is 5.32 Å². The van der Waals surface area contributed by atoms with Gasteiger partial charge in [0.15, 0.2) is 5.65 Å². The molecule has 2 N–H and O–H groups in total. The average Bonchev–Trinajstić information content (AvgIpc) is 3.00. The summed E-state index contributed by atoms with van der Waals surface area (Å²) in [5.74, 6) is -0.652. The molecule has 146 valence electrons. The molecule has 0 aliphatic heterocycles. The lowest BCUT2D eigenvalue weighted by Gasteiger charge is -2.22. The van der Waals surface area contributed by atoms with E-state index >= 15 is 0 Å². The fourth-order valence-corrected chi connectivity index (χ4v) is 3.02. The van der Waals surface area contributed by atoms with Crippen molar-refractivity contribution in [1.29, 1.82) is 0 Å². The van der Waals surface area contributed by atoms with Crippen molar-refractivity contribution in [3.63, 3.8) is 0 Å². The molecule has 0 aliphatic carbocycles. The highest BCUT2D eigenvalue weighted by molar-refractivity contribution is 5.94. The number of rotatable bonds is 5. The van der Waals surface area contributed by atoms with E-state index in [-0.39, 0.29) is 17.7 Å². The van der Waals surface area contributed by atoms with Crippen LogP contribution in [0.1, 0.15) is 60.5 Å². The molecule has 0 bridgehead atoms. The number of fused-ring (bicyclic) bond motifs is 1. The summed E-state index contributed by atoms with van der Waals surface area (Å²) in [5.41, 5.74) is 2.96. The standard InChI is InChI=1S/C21H24N4O3/c1-13-23-24-18-10-7-15(12-25(13)18)20(28)22-17(11-19(26)27)14-5-8-16(9-6-14)21(2,3)4/h5-10,12,17H,11H2,1-4H3,(H,22,28)(H,26,27). The maximum Gasteiger partial charge on any atom is 0.305 e. The van der Waals surface area contributed by atoms with E-state index in [1.165, 1.54) is 0 Å². The molecule has 7 nitrogen and oxygen atoms in total. The second kappa shape index (κ2) is 7.42. The van der Waals surface area contributed by atoms with Crippen molar-refractivity contribution in [3.05, 3.63) is 65.1 Å². The van der Waals surface area contributed by atoms with E-state index in [2.05, 4.69) is 36.3 Å². The van der Waals surface area contributed by atoms with Gasteiger partial charge in [0.1, 0.15) is 5.82 Å². The molecule has 0 aliphatic rings. The van der Waals surface area contributed by atoms with E-state index in [4.69, 9.17) is 0 Å². The number of carbonyl (C=O) groups is 2. The van der Waals surface area contributed by atoms with Crippen LogP contribution in [0, 0.1) is 6.92 Å². The summed E-state index contributed by atoms with van der Waals surface area (Å²) in [5, 5.41) is 20.1. The molecule has 1 aromatic carbocycles. The van der Waals surface area contributed by atoms with Gasteiger partial charge < -0.3 is 10.4 Å². The van der Waals surface area contributed by atoms with E-state index < -0.39 is 12.0 Å². The minimum absolute atomic E-state index is 0.00379. The largest absolute Gasteiger partial charge is 0.481 e. The number of hydrogen-bond donors (Lipinski definition) is 2. The number of aryl methyl sites for hydroxylation is 1. The van der Waals surface area contributed by atoms with Crippen LogP contribution in [0.15, 0.2) is 42.6 Å². The lowest BCUT2D eigenvalue weighted by atomic mass is 9.86. The SMILES string of the molecule is Cc1nnc2ccc(C(=O)NC(CC(=O)O)c3ccc(C(C)(C)C)cc3)cn12. The molecule has 2 aromatic heterocycles. The van der Waals surface area contributed by atoms with Gasteiger partial charge in [-0.25, -0.2) is 0 Å². The summed E-state index contributed by atoms with van der Waals surface area (Å²) in [6.07, 6.45) is 1.45. The van der Waals surface area contributed by atoms with Crippen LogP contribution in [0.5, 0.6) is 0 Å². The van der Waals surface area contributed by atoms with Crippen molar-refractivity contribution in [3.8, 4) is 0 Å². The van der Waals surface area contributed by atoms with Crippen LogP contribution >= 0.6 is 0 Å². The molecule has 3 rings (SSSR count). The smallest absolute Gasteiger partial charge is 0.305 e. The number of carboxylic acids is 1. The first-order valence-electron chi connectivity index (χ1n) is 9.09. The Kier molecular flexibility index (Phi) is 5.18. The molecule has 3 aromatic rings. The van der Waals surface area contributed by atoms with Crippen LogP contribution in [-0.2, 0) is 10.2 Å². The van der Waals surface area contributed by atoms with Crippen LogP contribution in [0.25, 0.3) is 5.65 Å². The predicted molar refractivity (Wildman–Crippen MR) is 105 cm³/mol. The zero-order chi connectivity index (χ0) is 20.5. The Morgan fingerprint density at radius 3 is 2.39 bits per heavy atom. The Balaban J connectivity index is 1.86. The minimum Gasteiger partial charge on any atom is -0.481 e. The summed E-state index contributed by atoms with van der Waals surface area (Å²) < 4.78 is 1.72. The van der Waals surface area contributed by atoms with E-state index in [9.17, 15) is 14.7 Å². The fraction of sp³-hybridized carbons (Fsp3) is 0.333. The zero-order valence-electron chi connectivity index (χ0n) is 16.4. The van der Waals surface area contributed by atoms with Crippen molar-refractivity contribution in [2.45, 2.75) is 45.6 Å². The molecule has 0 fully saturated rings. The van der Waals surface area contributed by atoms with Crippen LogP contribution in [0.2, 0.25) is 0 Å². The first kappa shape index (κ1) is 19.5. The summed E-state index contributed by atoms with van der Waals surface area (Å²) in [6, 6.07) is 10.4. The molecule has 0 radical (unpaired) electrons. The Morgan fingerprint density at radius 1 is 1.11 bits per heavy atom. The van der Waals surface area contributed by atoms with Gasteiger partial charge in [-0.2, -0.15) is 0 Å². The van der Waals surface area contributed by atoms with Gasteiger partial charge in [0, 0.05) is 6.20 Å². The van der Waals surface area contributed by atoms with Gasteiger partial charge in [0.25, 0.3) is 5.91 Å². The maximum atomic E-state index is 12.8. The zero-order valence-corrected chi connectivity index (χ0v) is 16.4. The monoisotopic (exact) mass is 380 g/mol. The Bertz CT molecular complexity index is 1020. The van der Waals surface area contributed by atoms with Crippen molar-refractivity contribution < 1.29 is 14.7 Å². The first-order chi connectivity index (χ1) is 13.1. The second-order valence-electron chi connectivity index (χ2n) is 7.89. The number of pyridine rings is 1. The number of carbonyl (C=O) groups excluding carboxylic acids is 1. The first-order valence-corrected chi connectivity index (χ1v) is 9.09. The lowest BCUT2D eigenvalue weighted by molar-refractivity contribution is -0.137. The Hall–Kier alpha value is -3.22. The second-order valence-corrected chi connectivity index (χ2v) is 7.89. The van der Waals surface area contributed by atoms with Crippen molar-refractivity contribution in [2.75, 3.05) is 0 Å². The molecule has 1 unspecified atom stereocenters. The number of amides is 1. The Morgan fingerprint density at radius 2 is 1.79 bits per heavy atom. The van der Waals surface area contributed by atoms with Gasteiger partial charge in [-0.3, -0.25) is 14.0 Å². The van der Waals surface area contributed by atoms with Gasteiger partial charge >= 0.3 is 5.97 Å². The van der Waals surface area contributed by atoms with Crippen LogP contribution in [-0.4, -0.2) is 31.6 Å². The number of nitrogens with zero attached hydrogens (tertiary/aromatic N) is 3. The number of aliphatic carboxylic acids is 1. The summed E-state index contributed by atoms with van der Waals surface area (Å²) in [7, 11) is 0. The van der Waals surface area contributed by atoms with Gasteiger partial charge in [-0.15, -0.1) is 10.2 Å². The molecule has 0 spiro atoms. The van der Waals surface area contributed by atoms with Gasteiger partial charge in [-0.05, 0) is 35.6 Å². The van der Waals surface area contributed by atoms with Crippen LogP contribution in [0.4, 0.5) is 0 Å². The molecule has 0 saturated heterocycles. The highest BCUT2D eigenvalue weighted by Crippen LogP contribution is 2.25. The number of carboxylic acid groups (broad SMARTS) is 1. The number of hydrogen-bond acceptors (Lipinski definition) is 4. The summed E-state index contributed by atoms with van der Waals surface area (Å²) in [4.78, 5) is 24.1. The maximum absolute atomic E-state index is 12.8. The van der Waals surface area contributed by atoms with Crippen molar-refractivity contribution >= 4 is 17.5 Å². The van der Waals surface area contributed by atoms with Crippen molar-refractivity contribution in [1.82, 2.24) is 19.9 Å². The quantitative estimate of drug-likeness (QED) is 0.708. The average molecular weight is 380 g/mol. The lowest BCUT2D eigenvalue weighted by Crippen LogP contribution is -2.30. The summed E-state index contributed by atoms with van der Waals surface area (Å²) >= 11 is 0. The van der Waals surface area contributed by atoms with Gasteiger partial charge in [0.2, 0.25) is 0 Å². The van der Waals surface area contributed by atoms with E-state index in [0.717, 1.165) is 11.1 Å². The molecule has 0 saturated carbocycles. The van der Waals surface area contributed by atoms with E-state index in [0.29, 0.717) is 17.0 Å². The topological polar surface area (TPSA) is 96.6 Å². The summed E-state index contributed by atoms with van der Waals surface area (Å²) in [6.45, 7) is 8.14. The number of benzene rings is 1. The molecule has 7 heteroatoms. The predicted octanol–water partition coefficient (Wildman–Crippen LogP) is 3.28. The molecule has 2 heterocycles. The normalized spacial score (nSPS) is 12.7. The molecular formula is C21H24N4O3. The molecule has 28 heavy (non-hydrogen) atoms. The van der Waals surface area contributed by atoms with Crippen molar-refractivity contribution in [2.24, 2.45) is 0 Å².